The zero-order chi connectivity index (χ0) is 22.1. The van der Waals surface area contributed by atoms with Gasteiger partial charge in [0.1, 0.15) is 12.1 Å². The first-order chi connectivity index (χ1) is 14.9. The van der Waals surface area contributed by atoms with E-state index in [0.717, 1.165) is 41.5 Å². The summed E-state index contributed by atoms with van der Waals surface area (Å²) in [7, 11) is 0. The molecule has 4 rings (SSSR count). The number of benzene rings is 2. The first-order valence-corrected chi connectivity index (χ1v) is 11.8. The average molecular weight is 506 g/mol. The molecule has 2 aromatic rings. The molecular weight excluding hydrogens is 483 g/mol. The number of hydrogen-bond acceptors (Lipinski definition) is 3. The summed E-state index contributed by atoms with van der Waals surface area (Å²) in [5, 5.41) is 7.43. The van der Waals surface area contributed by atoms with Crippen LogP contribution in [-0.4, -0.2) is 17.5 Å². The average Bonchev–Trinajstić information content (AvgIpc) is 3.61. The Balaban J connectivity index is 1.77. The standard InChI is InChI=1S/C24H23BrClFN2O2/c1-13(12-30)17-7-8-19(26)18-11-28-20(10-25)22(21(17)18)24(31)29-23(14-5-6-14)15-3-2-4-16(27)9-15/h2-4,7-9,12-14,23,28H,5-6,10-11H2,1H3,(H,29,31)/t13?,23-/m0/s1. The summed E-state index contributed by atoms with van der Waals surface area (Å²) in [5.41, 5.74) is 4.26. The molecule has 7 heteroatoms. The molecule has 1 saturated carbocycles. The molecule has 1 fully saturated rings. The smallest absolute Gasteiger partial charge is 0.254 e. The molecule has 1 amide bonds. The van der Waals surface area contributed by atoms with Crippen molar-refractivity contribution in [1.29, 1.82) is 0 Å². The maximum absolute atomic E-state index is 13.9. The van der Waals surface area contributed by atoms with Crippen LogP contribution in [0.3, 0.4) is 0 Å². The van der Waals surface area contributed by atoms with Crippen LogP contribution >= 0.6 is 27.5 Å². The van der Waals surface area contributed by atoms with E-state index in [-0.39, 0.29) is 29.6 Å². The quantitative estimate of drug-likeness (QED) is 0.399. The van der Waals surface area contributed by atoms with Crippen molar-refractivity contribution >= 4 is 45.3 Å². The van der Waals surface area contributed by atoms with Crippen molar-refractivity contribution in [3.05, 3.63) is 75.2 Å². The second kappa shape index (κ2) is 9.13. The lowest BCUT2D eigenvalue weighted by Crippen LogP contribution is -2.35. The van der Waals surface area contributed by atoms with Gasteiger partial charge in [-0.1, -0.05) is 52.7 Å². The Bertz CT molecular complexity index is 1070. The SMILES string of the molecule is CC(C=O)c1ccc(Cl)c2c1C(C(=O)N[C@H](c1cccc(F)c1)C1CC1)=C(CBr)NC2. The van der Waals surface area contributed by atoms with Gasteiger partial charge in [0.15, 0.2) is 0 Å². The lowest BCUT2D eigenvalue weighted by Gasteiger charge is -2.29. The predicted molar refractivity (Wildman–Crippen MR) is 123 cm³/mol. The van der Waals surface area contributed by atoms with Crippen LogP contribution in [0.25, 0.3) is 5.57 Å². The van der Waals surface area contributed by atoms with Gasteiger partial charge in [0.25, 0.3) is 5.91 Å². The summed E-state index contributed by atoms with van der Waals surface area (Å²) in [4.78, 5) is 25.2. The minimum absolute atomic E-state index is 0.259. The van der Waals surface area contributed by atoms with Crippen LogP contribution in [-0.2, 0) is 16.1 Å². The fourth-order valence-electron chi connectivity index (χ4n) is 4.18. The number of alkyl halides is 1. The van der Waals surface area contributed by atoms with Gasteiger partial charge in [-0.25, -0.2) is 4.39 Å². The normalized spacial score (nSPS) is 17.4. The summed E-state index contributed by atoms with van der Waals surface area (Å²) in [6.07, 6.45) is 2.84. The van der Waals surface area contributed by atoms with Crippen LogP contribution in [0.4, 0.5) is 4.39 Å². The summed E-state index contributed by atoms with van der Waals surface area (Å²) in [6.45, 7) is 2.28. The van der Waals surface area contributed by atoms with Gasteiger partial charge in [-0.3, -0.25) is 4.79 Å². The number of aldehydes is 1. The zero-order valence-corrected chi connectivity index (χ0v) is 19.4. The molecule has 2 N–H and O–H groups in total. The molecule has 0 aromatic heterocycles. The van der Waals surface area contributed by atoms with Crippen LogP contribution in [0.2, 0.25) is 5.02 Å². The van der Waals surface area contributed by atoms with E-state index in [9.17, 15) is 14.0 Å². The van der Waals surface area contributed by atoms with Crippen molar-refractivity contribution in [3.63, 3.8) is 0 Å². The Morgan fingerprint density at radius 3 is 2.77 bits per heavy atom. The van der Waals surface area contributed by atoms with E-state index in [1.54, 1.807) is 12.1 Å². The minimum Gasteiger partial charge on any atom is -0.383 e. The fraction of sp³-hybridized carbons (Fsp3) is 0.333. The van der Waals surface area contributed by atoms with Crippen molar-refractivity contribution < 1.29 is 14.0 Å². The van der Waals surface area contributed by atoms with Crippen LogP contribution in [0.5, 0.6) is 0 Å². The van der Waals surface area contributed by atoms with Gasteiger partial charge in [-0.15, -0.1) is 0 Å². The topological polar surface area (TPSA) is 58.2 Å². The largest absolute Gasteiger partial charge is 0.383 e. The third-order valence-electron chi connectivity index (χ3n) is 5.96. The van der Waals surface area contributed by atoms with Gasteiger partial charge in [0.05, 0.1) is 11.6 Å². The zero-order valence-electron chi connectivity index (χ0n) is 17.1. The Morgan fingerprint density at radius 1 is 1.35 bits per heavy atom. The van der Waals surface area contributed by atoms with E-state index >= 15 is 0 Å². The maximum Gasteiger partial charge on any atom is 0.254 e. The Morgan fingerprint density at radius 2 is 2.13 bits per heavy atom. The molecule has 1 unspecified atom stereocenters. The molecule has 1 aliphatic heterocycles. The van der Waals surface area contributed by atoms with E-state index in [0.29, 0.717) is 28.0 Å². The summed E-state index contributed by atoms with van der Waals surface area (Å²) < 4.78 is 13.9. The van der Waals surface area contributed by atoms with Crippen molar-refractivity contribution in [2.45, 2.75) is 38.3 Å². The predicted octanol–water partition coefficient (Wildman–Crippen LogP) is 5.26. The van der Waals surface area contributed by atoms with E-state index in [1.165, 1.54) is 12.1 Å². The molecule has 4 nitrogen and oxygen atoms in total. The Kier molecular flexibility index (Phi) is 6.49. The van der Waals surface area contributed by atoms with Gasteiger partial charge >= 0.3 is 0 Å². The number of rotatable bonds is 7. The van der Waals surface area contributed by atoms with E-state index in [2.05, 4.69) is 26.6 Å². The van der Waals surface area contributed by atoms with Crippen LogP contribution < -0.4 is 10.6 Å². The molecule has 162 valence electrons. The lowest BCUT2D eigenvalue weighted by atomic mass is 9.85. The van der Waals surface area contributed by atoms with Crippen molar-refractivity contribution in [1.82, 2.24) is 10.6 Å². The van der Waals surface area contributed by atoms with Crippen LogP contribution in [0, 0.1) is 11.7 Å². The van der Waals surface area contributed by atoms with Gasteiger partial charge in [0.2, 0.25) is 0 Å². The van der Waals surface area contributed by atoms with E-state index < -0.39 is 0 Å². The number of amides is 1. The summed E-state index contributed by atoms with van der Waals surface area (Å²) >= 11 is 9.94. The molecule has 31 heavy (non-hydrogen) atoms. The molecule has 2 aliphatic rings. The molecule has 0 saturated heterocycles. The third-order valence-corrected chi connectivity index (χ3v) is 6.88. The fourth-order valence-corrected chi connectivity index (χ4v) is 4.88. The molecule has 1 aliphatic carbocycles. The highest BCUT2D eigenvalue weighted by Gasteiger charge is 2.36. The third kappa shape index (κ3) is 4.41. The van der Waals surface area contributed by atoms with Crippen LogP contribution in [0.1, 0.15) is 54.0 Å². The molecular formula is C24H23BrClFN2O2. The first-order valence-electron chi connectivity index (χ1n) is 10.3. The Hall–Kier alpha value is -2.18. The number of allylic oxidation sites excluding steroid dienone is 1. The second-order valence-corrected chi connectivity index (χ2v) is 9.07. The van der Waals surface area contributed by atoms with Crippen LogP contribution in [0.15, 0.2) is 42.1 Å². The maximum atomic E-state index is 13.9. The number of halogens is 3. The number of fused-ring (bicyclic) bond motifs is 1. The monoisotopic (exact) mass is 504 g/mol. The number of nitrogens with one attached hydrogen (secondary N) is 2. The molecule has 0 bridgehead atoms. The van der Waals surface area contributed by atoms with E-state index in [4.69, 9.17) is 11.6 Å². The van der Waals surface area contributed by atoms with E-state index in [1.807, 2.05) is 19.1 Å². The van der Waals surface area contributed by atoms with Crippen molar-refractivity contribution in [2.75, 3.05) is 5.33 Å². The molecule has 2 atom stereocenters. The summed E-state index contributed by atoms with van der Waals surface area (Å²) in [6, 6.07) is 9.70. The highest BCUT2D eigenvalue weighted by atomic mass is 79.9. The first kappa shape index (κ1) is 22.0. The minimum atomic E-state index is -0.383. The number of hydrogen-bond donors (Lipinski definition) is 2. The van der Waals surface area contributed by atoms with Gasteiger partial charge in [-0.2, -0.15) is 0 Å². The second-order valence-electron chi connectivity index (χ2n) is 8.10. The molecule has 1 heterocycles. The molecule has 0 spiro atoms. The highest BCUT2D eigenvalue weighted by Crippen LogP contribution is 2.42. The highest BCUT2D eigenvalue weighted by molar-refractivity contribution is 9.09. The lowest BCUT2D eigenvalue weighted by molar-refractivity contribution is -0.116. The summed E-state index contributed by atoms with van der Waals surface area (Å²) in [5.74, 6) is -0.685. The molecule has 0 radical (unpaired) electrons. The number of carbonyl (C=O) groups is 2. The number of carbonyl (C=O) groups excluding carboxylic acids is 2. The van der Waals surface area contributed by atoms with Gasteiger partial charge in [-0.05, 0) is 59.2 Å². The van der Waals surface area contributed by atoms with Gasteiger partial charge in [0, 0.05) is 28.5 Å². The Labute approximate surface area is 194 Å². The van der Waals surface area contributed by atoms with Crippen molar-refractivity contribution in [2.24, 2.45) is 5.92 Å². The van der Waals surface area contributed by atoms with Crippen molar-refractivity contribution in [3.8, 4) is 0 Å². The van der Waals surface area contributed by atoms with Gasteiger partial charge < -0.3 is 15.4 Å². The molecule has 2 aromatic carbocycles.